The Hall–Kier alpha value is -0.930. The van der Waals surface area contributed by atoms with E-state index in [-0.39, 0.29) is 0 Å². The molecule has 0 saturated carbocycles. The van der Waals surface area contributed by atoms with Crippen molar-refractivity contribution in [1.29, 1.82) is 0 Å². The third-order valence-corrected chi connectivity index (χ3v) is 3.29. The molecule has 0 spiro atoms. The molecule has 3 heteroatoms. The Labute approximate surface area is 91.3 Å². The molecule has 82 valence electrons. The van der Waals surface area contributed by atoms with Crippen LogP contribution in [0, 0.1) is 0 Å². The summed E-state index contributed by atoms with van der Waals surface area (Å²) < 4.78 is 0. The molecule has 1 aromatic rings. The molecule has 1 fully saturated rings. The number of hydrogen-bond donors (Lipinski definition) is 1. The van der Waals surface area contributed by atoms with Gasteiger partial charge in [0.15, 0.2) is 0 Å². The van der Waals surface area contributed by atoms with Gasteiger partial charge in [0, 0.05) is 37.6 Å². The first-order valence-corrected chi connectivity index (χ1v) is 5.67. The van der Waals surface area contributed by atoms with Crippen LogP contribution in [-0.2, 0) is 0 Å². The zero-order valence-corrected chi connectivity index (χ0v) is 9.26. The molecule has 1 aliphatic heterocycles. The Balaban J connectivity index is 1.99. The Bertz CT molecular complexity index is 291. The molecule has 2 heterocycles. The molecule has 0 aromatic carbocycles. The van der Waals surface area contributed by atoms with E-state index in [9.17, 15) is 0 Å². The molecule has 2 rings (SSSR count). The van der Waals surface area contributed by atoms with Crippen molar-refractivity contribution >= 4 is 0 Å². The summed E-state index contributed by atoms with van der Waals surface area (Å²) in [6.07, 6.45) is 6.01. The fraction of sp³-hybridized carbons (Fsp3) is 0.583. The Kier molecular flexibility index (Phi) is 3.34. The maximum Gasteiger partial charge on any atom is 0.0335 e. The lowest BCUT2D eigenvalue weighted by molar-refractivity contribution is 0.163. The minimum absolute atomic E-state index is 0.405. The van der Waals surface area contributed by atoms with Crippen LogP contribution in [0.25, 0.3) is 0 Å². The number of hydrogen-bond acceptors (Lipinski definition) is 3. The first-order valence-electron chi connectivity index (χ1n) is 5.67. The van der Waals surface area contributed by atoms with Gasteiger partial charge in [-0.25, -0.2) is 0 Å². The molecule has 15 heavy (non-hydrogen) atoms. The fourth-order valence-corrected chi connectivity index (χ4v) is 2.14. The summed E-state index contributed by atoms with van der Waals surface area (Å²) >= 11 is 0. The third-order valence-electron chi connectivity index (χ3n) is 3.29. The quantitative estimate of drug-likeness (QED) is 0.797. The number of aromatic nitrogens is 1. The van der Waals surface area contributed by atoms with Gasteiger partial charge in [0.05, 0.1) is 0 Å². The highest BCUT2D eigenvalue weighted by Gasteiger charge is 2.21. The highest BCUT2D eigenvalue weighted by molar-refractivity contribution is 5.13. The van der Waals surface area contributed by atoms with Gasteiger partial charge in [0.2, 0.25) is 0 Å². The lowest BCUT2D eigenvalue weighted by Crippen LogP contribution is -2.40. The standard InChI is InChI=1S/C12H19N3/c1-10(11-3-2-6-14-9-11)15-7-4-12(13)5-8-15/h2-3,6,9-10,12H,4-5,7-8,13H2,1H3. The molecule has 0 bridgehead atoms. The van der Waals surface area contributed by atoms with Crippen LogP contribution in [0.3, 0.4) is 0 Å². The van der Waals surface area contributed by atoms with Gasteiger partial charge in [0.25, 0.3) is 0 Å². The number of likely N-dealkylation sites (tertiary alicyclic amines) is 1. The third kappa shape index (κ3) is 2.55. The molecular formula is C12H19N3. The number of nitrogens with two attached hydrogens (primary N) is 1. The second-order valence-corrected chi connectivity index (χ2v) is 4.34. The average Bonchev–Trinajstić information content (AvgIpc) is 2.30. The van der Waals surface area contributed by atoms with Gasteiger partial charge in [-0.15, -0.1) is 0 Å². The molecule has 3 nitrogen and oxygen atoms in total. The molecule has 1 saturated heterocycles. The molecular weight excluding hydrogens is 186 g/mol. The molecule has 1 aliphatic rings. The van der Waals surface area contributed by atoms with Crippen molar-refractivity contribution in [3.63, 3.8) is 0 Å². The molecule has 2 N–H and O–H groups in total. The Morgan fingerprint density at radius 3 is 2.80 bits per heavy atom. The van der Waals surface area contributed by atoms with E-state index in [1.54, 1.807) is 0 Å². The zero-order chi connectivity index (χ0) is 10.7. The second kappa shape index (κ2) is 4.73. The van der Waals surface area contributed by atoms with Crippen molar-refractivity contribution in [1.82, 2.24) is 9.88 Å². The van der Waals surface area contributed by atoms with Crippen LogP contribution in [0.5, 0.6) is 0 Å². The number of rotatable bonds is 2. The van der Waals surface area contributed by atoms with Crippen molar-refractivity contribution in [2.45, 2.75) is 31.8 Å². The van der Waals surface area contributed by atoms with Gasteiger partial charge >= 0.3 is 0 Å². The van der Waals surface area contributed by atoms with Crippen LogP contribution in [0.15, 0.2) is 24.5 Å². The summed E-state index contributed by atoms with van der Waals surface area (Å²) in [5.41, 5.74) is 7.20. The highest BCUT2D eigenvalue weighted by atomic mass is 15.2. The highest BCUT2D eigenvalue weighted by Crippen LogP contribution is 2.22. The van der Waals surface area contributed by atoms with Crippen LogP contribution >= 0.6 is 0 Å². The average molecular weight is 205 g/mol. The van der Waals surface area contributed by atoms with Gasteiger partial charge in [-0.05, 0) is 31.4 Å². The SMILES string of the molecule is CC(c1cccnc1)N1CCC(N)CC1. The topological polar surface area (TPSA) is 42.2 Å². The van der Waals surface area contributed by atoms with E-state index in [0.717, 1.165) is 25.9 Å². The lowest BCUT2D eigenvalue weighted by Gasteiger charge is -2.34. The normalized spacial score (nSPS) is 21.5. The van der Waals surface area contributed by atoms with Crippen molar-refractivity contribution < 1.29 is 0 Å². The summed E-state index contributed by atoms with van der Waals surface area (Å²) in [5.74, 6) is 0. The summed E-state index contributed by atoms with van der Waals surface area (Å²) in [4.78, 5) is 6.65. The van der Waals surface area contributed by atoms with E-state index < -0.39 is 0 Å². The van der Waals surface area contributed by atoms with Crippen molar-refractivity contribution in [2.24, 2.45) is 5.73 Å². The predicted molar refractivity (Wildman–Crippen MR) is 61.4 cm³/mol. The molecule has 1 aromatic heterocycles. The largest absolute Gasteiger partial charge is 0.328 e. The minimum atomic E-state index is 0.405. The van der Waals surface area contributed by atoms with Gasteiger partial charge in [0.1, 0.15) is 0 Å². The van der Waals surface area contributed by atoms with Crippen LogP contribution < -0.4 is 5.73 Å². The zero-order valence-electron chi connectivity index (χ0n) is 9.26. The van der Waals surface area contributed by atoms with Crippen LogP contribution in [0.2, 0.25) is 0 Å². The molecule has 1 atom stereocenters. The summed E-state index contributed by atoms with van der Waals surface area (Å²) in [6.45, 7) is 4.46. The maximum absolute atomic E-state index is 5.90. The first-order chi connectivity index (χ1) is 7.27. The van der Waals surface area contributed by atoms with Gasteiger partial charge in [-0.2, -0.15) is 0 Å². The Morgan fingerprint density at radius 2 is 2.20 bits per heavy atom. The number of nitrogens with zero attached hydrogens (tertiary/aromatic N) is 2. The van der Waals surface area contributed by atoms with Crippen molar-refractivity contribution in [2.75, 3.05) is 13.1 Å². The van der Waals surface area contributed by atoms with Crippen molar-refractivity contribution in [3.8, 4) is 0 Å². The first kappa shape index (κ1) is 10.6. The number of piperidine rings is 1. The summed E-state index contributed by atoms with van der Waals surface area (Å²) in [6, 6.07) is 5.02. The summed E-state index contributed by atoms with van der Waals surface area (Å²) in [7, 11) is 0. The lowest BCUT2D eigenvalue weighted by atomic mass is 10.0. The van der Waals surface area contributed by atoms with Gasteiger partial charge < -0.3 is 5.73 Å². The molecule has 0 amide bonds. The molecule has 0 radical (unpaired) electrons. The van der Waals surface area contributed by atoms with Gasteiger partial charge in [-0.3, -0.25) is 9.88 Å². The van der Waals surface area contributed by atoms with Crippen LogP contribution in [0.4, 0.5) is 0 Å². The van der Waals surface area contributed by atoms with Crippen LogP contribution in [-0.4, -0.2) is 29.0 Å². The van der Waals surface area contributed by atoms with E-state index in [2.05, 4.69) is 22.9 Å². The van der Waals surface area contributed by atoms with Crippen LogP contribution in [0.1, 0.15) is 31.4 Å². The van der Waals surface area contributed by atoms with E-state index in [0.29, 0.717) is 12.1 Å². The van der Waals surface area contributed by atoms with E-state index in [4.69, 9.17) is 5.73 Å². The van der Waals surface area contributed by atoms with Crippen molar-refractivity contribution in [3.05, 3.63) is 30.1 Å². The van der Waals surface area contributed by atoms with E-state index in [1.807, 2.05) is 18.5 Å². The predicted octanol–water partition coefficient (Wildman–Crippen LogP) is 1.57. The molecule has 0 aliphatic carbocycles. The van der Waals surface area contributed by atoms with E-state index in [1.165, 1.54) is 5.56 Å². The number of pyridine rings is 1. The minimum Gasteiger partial charge on any atom is -0.328 e. The fourth-order valence-electron chi connectivity index (χ4n) is 2.14. The van der Waals surface area contributed by atoms with E-state index >= 15 is 0 Å². The monoisotopic (exact) mass is 205 g/mol. The Morgan fingerprint density at radius 1 is 1.47 bits per heavy atom. The maximum atomic E-state index is 5.90. The molecule has 1 unspecified atom stereocenters. The smallest absolute Gasteiger partial charge is 0.0335 e. The second-order valence-electron chi connectivity index (χ2n) is 4.34. The van der Waals surface area contributed by atoms with Gasteiger partial charge in [-0.1, -0.05) is 6.07 Å². The summed E-state index contributed by atoms with van der Waals surface area (Å²) in [5, 5.41) is 0.